The highest BCUT2D eigenvalue weighted by atomic mass is 19.4. The lowest BCUT2D eigenvalue weighted by Crippen LogP contribution is -2.24. The van der Waals surface area contributed by atoms with Crippen molar-refractivity contribution in [3.8, 4) is 11.4 Å². The maximum absolute atomic E-state index is 13.0. The Hall–Kier alpha value is -3.62. The first-order valence-electron chi connectivity index (χ1n) is 11.1. The Morgan fingerprint density at radius 2 is 1.85 bits per heavy atom. The van der Waals surface area contributed by atoms with Crippen LogP contribution in [0.4, 0.5) is 13.2 Å². The molecule has 0 unspecified atom stereocenters. The van der Waals surface area contributed by atoms with E-state index in [4.69, 9.17) is 0 Å². The molecule has 1 atom stereocenters. The fourth-order valence-electron chi connectivity index (χ4n) is 4.20. The summed E-state index contributed by atoms with van der Waals surface area (Å²) >= 11 is 0. The number of rotatable bonds is 6. The predicted molar refractivity (Wildman–Crippen MR) is 122 cm³/mol. The monoisotopic (exact) mass is 470 g/mol. The van der Waals surface area contributed by atoms with Crippen molar-refractivity contribution in [3.63, 3.8) is 0 Å². The maximum Gasteiger partial charge on any atom is 0.573 e. The van der Waals surface area contributed by atoms with Gasteiger partial charge in [0.15, 0.2) is 0 Å². The van der Waals surface area contributed by atoms with Crippen molar-refractivity contribution in [2.45, 2.75) is 45.9 Å². The van der Waals surface area contributed by atoms with Crippen molar-refractivity contribution in [2.75, 3.05) is 6.54 Å². The fraction of sp³-hybridized carbons (Fsp3) is 0.320. The number of hydrogen-bond acceptors (Lipinski definition) is 4. The minimum Gasteiger partial charge on any atom is -0.406 e. The number of alkyl halides is 3. The smallest absolute Gasteiger partial charge is 0.406 e. The first-order chi connectivity index (χ1) is 16.2. The predicted octanol–water partition coefficient (Wildman–Crippen LogP) is 5.09. The van der Waals surface area contributed by atoms with Crippen LogP contribution >= 0.6 is 0 Å². The van der Waals surface area contributed by atoms with E-state index in [9.17, 15) is 18.0 Å². The van der Waals surface area contributed by atoms with Crippen molar-refractivity contribution in [1.82, 2.24) is 20.1 Å². The molecule has 0 saturated carbocycles. The van der Waals surface area contributed by atoms with Gasteiger partial charge in [0.25, 0.3) is 0 Å². The standard InChI is InChI=1S/C25H25F3N4O2/c1-4-16-6-8-17(9-7-16)20-12-18(13-23(33)29-5-2)24-31-30-15(3)32(24)22-11-10-19(14-21(20)22)34-25(26,27)28/h6-12,14,18H,4-5,13H2,1-3H3,(H,29,33)/t18-/m0/s1. The largest absolute Gasteiger partial charge is 0.573 e. The molecule has 9 heteroatoms. The average Bonchev–Trinajstić information content (AvgIpc) is 3.10. The van der Waals surface area contributed by atoms with Gasteiger partial charge in [-0.05, 0) is 55.2 Å². The second-order valence-electron chi connectivity index (χ2n) is 8.06. The molecule has 0 radical (unpaired) electrons. The highest BCUT2D eigenvalue weighted by Gasteiger charge is 2.33. The Morgan fingerprint density at radius 1 is 1.12 bits per heavy atom. The second-order valence-corrected chi connectivity index (χ2v) is 8.06. The number of benzene rings is 2. The summed E-state index contributed by atoms with van der Waals surface area (Å²) in [5, 5.41) is 11.3. The molecule has 1 aromatic heterocycles. The Kier molecular flexibility index (Phi) is 6.45. The van der Waals surface area contributed by atoms with Crippen LogP contribution < -0.4 is 10.1 Å². The third-order valence-corrected chi connectivity index (χ3v) is 5.73. The van der Waals surface area contributed by atoms with E-state index in [1.165, 1.54) is 12.1 Å². The molecular formula is C25H25F3N4O2. The van der Waals surface area contributed by atoms with E-state index in [0.29, 0.717) is 35.0 Å². The zero-order chi connectivity index (χ0) is 24.5. The molecule has 2 heterocycles. The molecule has 0 spiro atoms. The van der Waals surface area contributed by atoms with Crippen LogP contribution in [0.2, 0.25) is 0 Å². The summed E-state index contributed by atoms with van der Waals surface area (Å²) in [5.41, 5.74) is 3.81. The number of aryl methyl sites for hydroxylation is 2. The molecule has 0 aliphatic carbocycles. The number of allylic oxidation sites excluding steroid dienone is 1. The third kappa shape index (κ3) is 4.83. The highest BCUT2D eigenvalue weighted by Crippen LogP contribution is 2.40. The Balaban J connectivity index is 1.93. The normalized spacial score (nSPS) is 15.1. The molecule has 34 heavy (non-hydrogen) atoms. The van der Waals surface area contributed by atoms with Crippen molar-refractivity contribution in [1.29, 1.82) is 0 Å². The van der Waals surface area contributed by atoms with E-state index >= 15 is 0 Å². The van der Waals surface area contributed by atoms with Crippen LogP contribution in [0.1, 0.15) is 54.5 Å². The lowest BCUT2D eigenvalue weighted by Gasteiger charge is -2.16. The summed E-state index contributed by atoms with van der Waals surface area (Å²) in [6, 6.07) is 12.1. The van der Waals surface area contributed by atoms with E-state index in [1.54, 1.807) is 17.6 Å². The first-order valence-corrected chi connectivity index (χ1v) is 11.1. The van der Waals surface area contributed by atoms with E-state index in [2.05, 4.69) is 20.3 Å². The van der Waals surface area contributed by atoms with Gasteiger partial charge in [0.1, 0.15) is 17.4 Å². The van der Waals surface area contributed by atoms with E-state index < -0.39 is 12.3 Å². The van der Waals surface area contributed by atoms with Gasteiger partial charge in [-0.3, -0.25) is 9.36 Å². The highest BCUT2D eigenvalue weighted by molar-refractivity contribution is 5.87. The van der Waals surface area contributed by atoms with Crippen molar-refractivity contribution >= 4 is 11.5 Å². The quantitative estimate of drug-likeness (QED) is 0.545. The topological polar surface area (TPSA) is 69.0 Å². The number of amides is 1. The molecule has 4 rings (SSSR count). The molecule has 1 N–H and O–H groups in total. The number of carbonyl (C=O) groups is 1. The number of fused-ring (bicyclic) bond motifs is 3. The number of nitrogens with one attached hydrogen (secondary N) is 1. The van der Waals surface area contributed by atoms with Crippen LogP contribution in [0.5, 0.6) is 5.75 Å². The number of halogens is 3. The van der Waals surface area contributed by atoms with Crippen molar-refractivity contribution in [3.05, 3.63) is 76.9 Å². The maximum atomic E-state index is 13.0. The van der Waals surface area contributed by atoms with Gasteiger partial charge in [-0.1, -0.05) is 37.3 Å². The van der Waals surface area contributed by atoms with Gasteiger partial charge >= 0.3 is 6.36 Å². The summed E-state index contributed by atoms with van der Waals surface area (Å²) in [5.74, 6) is 0.209. The van der Waals surface area contributed by atoms with Crippen molar-refractivity contribution < 1.29 is 22.7 Å². The first kappa shape index (κ1) is 23.5. The summed E-state index contributed by atoms with van der Waals surface area (Å²) < 4.78 is 45.0. The Labute approximate surface area is 195 Å². The molecule has 0 bridgehead atoms. The second kappa shape index (κ2) is 9.32. The molecule has 2 aromatic carbocycles. The molecular weight excluding hydrogens is 445 g/mol. The number of carbonyl (C=O) groups excluding carboxylic acids is 1. The summed E-state index contributed by atoms with van der Waals surface area (Å²) in [6.45, 7) is 6.15. The zero-order valence-electron chi connectivity index (χ0n) is 19.1. The molecule has 6 nitrogen and oxygen atoms in total. The molecule has 3 aromatic rings. The third-order valence-electron chi connectivity index (χ3n) is 5.73. The van der Waals surface area contributed by atoms with Gasteiger partial charge in [0.05, 0.1) is 5.69 Å². The van der Waals surface area contributed by atoms with Crippen LogP contribution in [0.15, 0.2) is 48.5 Å². The van der Waals surface area contributed by atoms with E-state index in [-0.39, 0.29) is 18.1 Å². The van der Waals surface area contributed by atoms with Gasteiger partial charge in [0, 0.05) is 24.4 Å². The lowest BCUT2D eigenvalue weighted by atomic mass is 9.91. The van der Waals surface area contributed by atoms with Crippen molar-refractivity contribution in [2.24, 2.45) is 0 Å². The molecule has 0 fully saturated rings. The number of nitrogens with zero attached hydrogens (tertiary/aromatic N) is 3. The van der Waals surface area contributed by atoms with Gasteiger partial charge in [-0.2, -0.15) is 0 Å². The van der Waals surface area contributed by atoms with Crippen LogP contribution in [0.25, 0.3) is 11.3 Å². The number of aromatic nitrogens is 3. The van der Waals surface area contributed by atoms with Crippen LogP contribution in [0.3, 0.4) is 0 Å². The van der Waals surface area contributed by atoms with E-state index in [0.717, 1.165) is 17.5 Å². The molecule has 178 valence electrons. The Morgan fingerprint density at radius 3 is 2.50 bits per heavy atom. The minimum absolute atomic E-state index is 0.127. The van der Waals surface area contributed by atoms with Gasteiger partial charge < -0.3 is 10.1 Å². The summed E-state index contributed by atoms with van der Waals surface area (Å²) in [6.07, 6.45) is -1.94. The van der Waals surface area contributed by atoms with Gasteiger partial charge in [0.2, 0.25) is 5.91 Å². The Bertz CT molecular complexity index is 1230. The molecule has 1 aliphatic rings. The summed E-state index contributed by atoms with van der Waals surface area (Å²) in [4.78, 5) is 12.5. The fourth-order valence-corrected chi connectivity index (χ4v) is 4.20. The number of hydrogen-bond donors (Lipinski definition) is 1. The summed E-state index contributed by atoms with van der Waals surface area (Å²) in [7, 11) is 0. The lowest BCUT2D eigenvalue weighted by molar-refractivity contribution is -0.274. The molecule has 1 aliphatic heterocycles. The zero-order valence-corrected chi connectivity index (χ0v) is 19.1. The molecule has 1 amide bonds. The van der Waals surface area contributed by atoms with Crippen LogP contribution in [-0.2, 0) is 11.2 Å². The van der Waals surface area contributed by atoms with Gasteiger partial charge in [-0.15, -0.1) is 23.4 Å². The molecule has 0 saturated heterocycles. The average molecular weight is 470 g/mol. The SMILES string of the molecule is CCNC(=O)C[C@@H]1C=C(c2ccc(CC)cc2)c2cc(OC(F)(F)F)ccc2-n2c(C)nnc21. The van der Waals surface area contributed by atoms with Gasteiger partial charge in [-0.25, -0.2) is 0 Å². The van der Waals surface area contributed by atoms with Crippen LogP contribution in [-0.4, -0.2) is 33.6 Å². The van der Waals surface area contributed by atoms with Crippen LogP contribution in [0, 0.1) is 6.92 Å². The van der Waals surface area contributed by atoms with E-state index in [1.807, 2.05) is 44.2 Å². The number of ether oxygens (including phenoxy) is 1. The minimum atomic E-state index is -4.82.